The minimum atomic E-state index is -5.37. The molecule has 45 heavy (non-hydrogen) atoms. The Balaban J connectivity index is 1.53. The molecular formula is C43H46HfSi. The average Bonchev–Trinajstić information content (AvgIpc) is 3.65. The number of hydrogen-bond acceptors (Lipinski definition) is 0. The van der Waals surface area contributed by atoms with Gasteiger partial charge in [0, 0.05) is 0 Å². The molecule has 7 rings (SSSR count). The third-order valence-electron chi connectivity index (χ3n) is 12.5. The first-order valence-corrected chi connectivity index (χ1v) is 41.6. The second-order valence-electron chi connectivity index (χ2n) is 17.3. The van der Waals surface area contributed by atoms with Crippen LogP contribution in [0.5, 0.6) is 0 Å². The fourth-order valence-electron chi connectivity index (χ4n) is 9.80. The van der Waals surface area contributed by atoms with E-state index < -0.39 is 14.2 Å². The van der Waals surface area contributed by atoms with Gasteiger partial charge in [-0.15, -0.1) is 0 Å². The van der Waals surface area contributed by atoms with Crippen molar-refractivity contribution in [3.8, 4) is 22.3 Å². The first kappa shape index (κ1) is 30.3. The molecule has 2 unspecified atom stereocenters. The maximum atomic E-state index is 2.77. The number of fused-ring (bicyclic) bond motifs is 2. The van der Waals surface area contributed by atoms with E-state index in [1.165, 1.54) is 66.8 Å². The van der Waals surface area contributed by atoms with E-state index in [1.807, 2.05) is 0 Å². The number of benzene rings is 5. The summed E-state index contributed by atoms with van der Waals surface area (Å²) in [5.41, 5.74) is 16.6. The standard InChI is InChI=1S/2C17H15.C6H5.3CH3.Hf.H2Si/c2*1-12-6-3-7-13(2)17(12)16-11-5-9-14-8-4-10-15(14)16;1-2-4-6-5-3-1;;;;;/h2*3-11H,1-2H3;1-5H;3*1H3;;1H2. The Labute approximate surface area is 266 Å². The van der Waals surface area contributed by atoms with Gasteiger partial charge in [-0.1, -0.05) is 0 Å². The normalized spacial score (nSPS) is 19.3. The van der Waals surface area contributed by atoms with Gasteiger partial charge in [0.15, 0.2) is 0 Å². The molecule has 0 radical (unpaired) electrons. The zero-order chi connectivity index (χ0) is 31.9. The molecule has 0 spiro atoms. The molecule has 0 saturated heterocycles. The summed E-state index contributed by atoms with van der Waals surface area (Å²) in [7, 11) is 0. The van der Waals surface area contributed by atoms with Gasteiger partial charge in [0.2, 0.25) is 0 Å². The summed E-state index contributed by atoms with van der Waals surface area (Å²) in [5.74, 6) is 0. The van der Waals surface area contributed by atoms with Gasteiger partial charge in [-0.05, 0) is 0 Å². The van der Waals surface area contributed by atoms with Crippen molar-refractivity contribution in [2.24, 2.45) is 0 Å². The molecule has 226 valence electrons. The number of rotatable bonds is 5. The molecule has 0 heterocycles. The van der Waals surface area contributed by atoms with Gasteiger partial charge in [-0.2, -0.15) is 0 Å². The van der Waals surface area contributed by atoms with E-state index in [-0.39, 0.29) is 0 Å². The van der Waals surface area contributed by atoms with Gasteiger partial charge in [-0.25, -0.2) is 0 Å². The molecule has 0 fully saturated rings. The molecule has 2 heteroatoms. The van der Waals surface area contributed by atoms with Crippen molar-refractivity contribution in [2.75, 3.05) is 0 Å². The molecule has 0 N–H and O–H groups in total. The first-order chi connectivity index (χ1) is 21.2. The predicted molar refractivity (Wildman–Crippen MR) is 198 cm³/mol. The summed E-state index contributed by atoms with van der Waals surface area (Å²) < 4.78 is 10.4. The number of aryl methyl sites for hydroxylation is 4. The van der Waals surface area contributed by atoms with Crippen LogP contribution in [0.4, 0.5) is 0 Å². The summed E-state index contributed by atoms with van der Waals surface area (Å²) in [4.78, 5) is 0. The molecule has 0 bridgehead atoms. The molecule has 0 nitrogen and oxygen atoms in total. The topological polar surface area (TPSA) is 0 Å². The van der Waals surface area contributed by atoms with Gasteiger partial charge in [0.1, 0.15) is 0 Å². The zero-order valence-corrected chi connectivity index (χ0v) is 33.0. The van der Waals surface area contributed by atoms with E-state index in [0.717, 1.165) is 0 Å². The Hall–Kier alpha value is -3.33. The Kier molecular flexibility index (Phi) is 6.16. The summed E-state index contributed by atoms with van der Waals surface area (Å²) in [6, 6.07) is 39.2. The molecule has 2 aliphatic rings. The molecule has 5 aromatic rings. The Morgan fingerprint density at radius 1 is 0.467 bits per heavy atom. The Bertz CT molecular complexity index is 2070. The third kappa shape index (κ3) is 4.04. The van der Waals surface area contributed by atoms with Crippen molar-refractivity contribution in [3.05, 3.63) is 160 Å². The van der Waals surface area contributed by atoms with Crippen molar-refractivity contribution < 1.29 is 14.2 Å². The van der Waals surface area contributed by atoms with Crippen LogP contribution in [0.15, 0.2) is 115 Å². The molecular weight excluding hydrogens is 723 g/mol. The maximum absolute atomic E-state index is 5.37. The van der Waals surface area contributed by atoms with Crippen LogP contribution in [0.2, 0.25) is 14.0 Å². The summed E-state index contributed by atoms with van der Waals surface area (Å²) in [5, 5.41) is 0. The van der Waals surface area contributed by atoms with Gasteiger partial charge in [0.25, 0.3) is 0 Å². The zero-order valence-electron chi connectivity index (χ0n) is 28.0. The van der Waals surface area contributed by atoms with Crippen LogP contribution in [-0.4, -0.2) is 6.94 Å². The molecule has 0 saturated carbocycles. The van der Waals surface area contributed by atoms with Gasteiger partial charge >= 0.3 is 268 Å². The van der Waals surface area contributed by atoms with E-state index in [0.29, 0.717) is 7.35 Å². The first-order valence-electron chi connectivity index (χ1n) is 16.6. The molecule has 0 amide bonds. The molecule has 5 aromatic carbocycles. The molecule has 0 aliphatic heterocycles. The van der Waals surface area contributed by atoms with E-state index in [2.05, 4.69) is 176 Å². The molecule has 2 aliphatic carbocycles. The summed E-state index contributed by atoms with van der Waals surface area (Å²) in [6.07, 6.45) is 10.1. The quantitative estimate of drug-likeness (QED) is 0.156. The monoisotopic (exact) mass is 770 g/mol. The fraction of sp³-hybridized carbons (Fsp3) is 0.209. The van der Waals surface area contributed by atoms with Crippen molar-refractivity contribution in [2.45, 2.75) is 49.1 Å². The van der Waals surface area contributed by atoms with E-state index >= 15 is 0 Å². The number of allylic oxidation sites excluding steroid dienone is 2. The van der Waals surface area contributed by atoms with Crippen LogP contribution < -0.4 is 3.32 Å². The van der Waals surface area contributed by atoms with Crippen molar-refractivity contribution in [1.82, 2.24) is 0 Å². The van der Waals surface area contributed by atoms with Gasteiger partial charge in [0.05, 0.1) is 0 Å². The minimum absolute atomic E-state index is 0.291. The van der Waals surface area contributed by atoms with Crippen LogP contribution in [0.25, 0.3) is 34.4 Å². The van der Waals surface area contributed by atoms with E-state index in [9.17, 15) is 0 Å². The second kappa shape index (κ2) is 9.14. The summed E-state index contributed by atoms with van der Waals surface area (Å²) in [6.45, 7) is 11.4. The summed E-state index contributed by atoms with van der Waals surface area (Å²) >= 11 is -5.37. The second-order valence-corrected chi connectivity index (χ2v) is 94.5. The van der Waals surface area contributed by atoms with E-state index in [1.54, 1.807) is 3.32 Å². The van der Waals surface area contributed by atoms with Crippen LogP contribution in [0.3, 0.4) is 0 Å². The van der Waals surface area contributed by atoms with Crippen LogP contribution in [-0.2, 0) is 14.2 Å². The van der Waals surface area contributed by atoms with E-state index in [4.69, 9.17) is 0 Å². The molecule has 0 aromatic heterocycles. The van der Waals surface area contributed by atoms with Crippen LogP contribution >= 0.6 is 0 Å². The van der Waals surface area contributed by atoms with Crippen molar-refractivity contribution in [3.63, 3.8) is 0 Å². The number of hydrogen-bond donors (Lipinski definition) is 0. The van der Waals surface area contributed by atoms with Gasteiger partial charge < -0.3 is 0 Å². The Morgan fingerprint density at radius 2 is 0.844 bits per heavy atom. The van der Waals surface area contributed by atoms with Gasteiger partial charge in [-0.3, -0.25) is 0 Å². The predicted octanol–water partition coefficient (Wildman–Crippen LogP) is 10.9. The third-order valence-corrected chi connectivity index (χ3v) is 59.3. The van der Waals surface area contributed by atoms with Crippen LogP contribution in [0.1, 0.15) is 51.9 Å². The SMILES string of the molecule is Cc1cccc(C)c1-c1cccc2c1C=C[CH]2[Hf]([CH3])([CH3])([CH3])(=[SiH2])([c]1ccccc1)[CH]1C=Cc2c(-c3c(C)cccc3C)cccc21. The van der Waals surface area contributed by atoms with Crippen LogP contribution in [0, 0.1) is 27.7 Å². The molecule has 2 atom stereocenters. The van der Waals surface area contributed by atoms with Crippen molar-refractivity contribution in [1.29, 1.82) is 0 Å². The van der Waals surface area contributed by atoms with Crippen molar-refractivity contribution >= 4 is 22.4 Å². The average molecular weight is 769 g/mol. The Morgan fingerprint density at radius 3 is 1.24 bits per heavy atom. The fourth-order valence-corrected chi connectivity index (χ4v) is 47.8.